The lowest BCUT2D eigenvalue weighted by molar-refractivity contribution is 0.143. The number of hydrogen-bond donors (Lipinski definition) is 2. The molecule has 0 atom stereocenters. The molecule has 110 valence electrons. The summed E-state index contributed by atoms with van der Waals surface area (Å²) in [6.07, 6.45) is 1.92. The Kier molecular flexibility index (Phi) is 3.89. The zero-order valence-corrected chi connectivity index (χ0v) is 12.6. The van der Waals surface area contributed by atoms with Crippen molar-refractivity contribution in [2.75, 3.05) is 0 Å². The predicted octanol–water partition coefficient (Wildman–Crippen LogP) is 3.28. The number of hydrogen-bond acceptors (Lipinski definition) is 3. The van der Waals surface area contributed by atoms with Crippen LogP contribution in [0.25, 0.3) is 11.6 Å². The van der Waals surface area contributed by atoms with Crippen molar-refractivity contribution in [2.45, 2.75) is 27.7 Å². The lowest BCUT2D eigenvalue weighted by Crippen LogP contribution is -2.18. The fraction of sp³-hybridized carbons (Fsp3) is 0.235. The smallest absolute Gasteiger partial charge is 0.286 e. The van der Waals surface area contributed by atoms with Gasteiger partial charge in [-0.25, -0.2) is 0 Å². The van der Waals surface area contributed by atoms with E-state index in [-0.39, 0.29) is 4.73 Å². The van der Waals surface area contributed by atoms with Crippen LogP contribution in [0, 0.1) is 20.8 Å². The van der Waals surface area contributed by atoms with Gasteiger partial charge in [-0.2, -0.15) is 0 Å². The van der Waals surface area contributed by atoms with Gasteiger partial charge >= 0.3 is 0 Å². The Morgan fingerprint density at radius 2 is 1.76 bits per heavy atom. The van der Waals surface area contributed by atoms with Crippen LogP contribution in [0.4, 0.5) is 0 Å². The van der Waals surface area contributed by atoms with Gasteiger partial charge in [0.1, 0.15) is 0 Å². The highest BCUT2D eigenvalue weighted by Gasteiger charge is 2.13. The molecule has 0 fully saturated rings. The second-order valence-electron chi connectivity index (χ2n) is 5.35. The van der Waals surface area contributed by atoms with Gasteiger partial charge in [0.15, 0.2) is 0 Å². The third-order valence-electron chi connectivity index (χ3n) is 3.68. The van der Waals surface area contributed by atoms with E-state index in [2.05, 4.69) is 6.07 Å². The summed E-state index contributed by atoms with van der Waals surface area (Å²) in [5.74, 6) is -0.433. The molecule has 1 aromatic heterocycles. The first-order chi connectivity index (χ1) is 9.81. The van der Waals surface area contributed by atoms with Crippen molar-refractivity contribution in [3.63, 3.8) is 0 Å². The number of pyridine rings is 1. The zero-order valence-electron chi connectivity index (χ0n) is 12.6. The highest BCUT2D eigenvalue weighted by molar-refractivity contribution is 5.83. The summed E-state index contributed by atoms with van der Waals surface area (Å²) in [6.45, 7) is 7.65. The number of aryl methyl sites for hydroxylation is 3. The molecule has 2 N–H and O–H groups in total. The fourth-order valence-electron chi connectivity index (χ4n) is 2.37. The highest BCUT2D eigenvalue weighted by Crippen LogP contribution is 2.28. The minimum absolute atomic E-state index is 0.264. The topological polar surface area (TPSA) is 62.5 Å². The van der Waals surface area contributed by atoms with Crippen LogP contribution >= 0.6 is 0 Å². The molecule has 1 aromatic carbocycles. The standard InChI is InChI=1S/C17H19NO3/c1-10-5-6-14(7-11(10)2)8-12(3)16-13(4)9-15(19)18(21)17(16)20/h5-9,20-21H,1-4H3/b12-8+. The average molecular weight is 285 g/mol. The molecule has 21 heavy (non-hydrogen) atoms. The maximum atomic E-state index is 11.4. The van der Waals surface area contributed by atoms with Gasteiger partial charge in [0.05, 0.1) is 0 Å². The van der Waals surface area contributed by atoms with Crippen molar-refractivity contribution in [3.8, 4) is 5.88 Å². The zero-order chi connectivity index (χ0) is 15.7. The number of aromatic hydroxyl groups is 1. The first-order valence-electron chi connectivity index (χ1n) is 6.72. The van der Waals surface area contributed by atoms with E-state index in [0.29, 0.717) is 11.1 Å². The van der Waals surface area contributed by atoms with Crippen LogP contribution in [0.1, 0.15) is 34.7 Å². The van der Waals surface area contributed by atoms with Gasteiger partial charge in [0.25, 0.3) is 5.56 Å². The van der Waals surface area contributed by atoms with Crippen LogP contribution in [0.2, 0.25) is 0 Å². The summed E-state index contributed by atoms with van der Waals surface area (Å²) in [5.41, 5.74) is 4.63. The minimum Gasteiger partial charge on any atom is -0.492 e. The SMILES string of the molecule is C/C(=C\c1ccc(C)c(C)c1)c1c(C)cc(=O)n(O)c1O. The second kappa shape index (κ2) is 5.48. The summed E-state index contributed by atoms with van der Waals surface area (Å²) < 4.78 is 0.264. The lowest BCUT2D eigenvalue weighted by Gasteiger charge is -2.11. The summed E-state index contributed by atoms with van der Waals surface area (Å²) in [5, 5.41) is 19.5. The van der Waals surface area contributed by atoms with Crippen molar-refractivity contribution < 1.29 is 10.3 Å². The third-order valence-corrected chi connectivity index (χ3v) is 3.68. The molecule has 0 radical (unpaired) electrons. The number of rotatable bonds is 2. The molecular formula is C17H19NO3. The van der Waals surface area contributed by atoms with Crippen LogP contribution in [0.15, 0.2) is 29.1 Å². The normalized spacial score (nSPS) is 11.7. The molecule has 4 heteroatoms. The van der Waals surface area contributed by atoms with E-state index in [1.807, 2.05) is 39.0 Å². The van der Waals surface area contributed by atoms with Crippen LogP contribution in [0.3, 0.4) is 0 Å². The molecule has 0 spiro atoms. The van der Waals surface area contributed by atoms with Gasteiger partial charge in [-0.05, 0) is 55.5 Å². The van der Waals surface area contributed by atoms with Crippen molar-refractivity contribution in [2.24, 2.45) is 0 Å². The Labute approximate surface area is 123 Å². The molecule has 2 rings (SSSR count). The fourth-order valence-corrected chi connectivity index (χ4v) is 2.37. The minimum atomic E-state index is -0.646. The van der Waals surface area contributed by atoms with E-state index < -0.39 is 11.4 Å². The first kappa shape index (κ1) is 14.9. The molecule has 0 saturated heterocycles. The number of allylic oxidation sites excluding steroid dienone is 1. The third kappa shape index (κ3) is 2.84. The Morgan fingerprint density at radius 1 is 1.10 bits per heavy atom. The molecule has 0 unspecified atom stereocenters. The summed E-state index contributed by atoms with van der Waals surface area (Å²) in [4.78, 5) is 11.4. The molecule has 0 aliphatic rings. The molecule has 0 saturated carbocycles. The lowest BCUT2D eigenvalue weighted by atomic mass is 9.99. The molecule has 0 aliphatic heterocycles. The Balaban J connectivity index is 2.56. The maximum Gasteiger partial charge on any atom is 0.286 e. The maximum absolute atomic E-state index is 11.4. The molecule has 4 nitrogen and oxygen atoms in total. The molecule has 0 aliphatic carbocycles. The van der Waals surface area contributed by atoms with Crippen molar-refractivity contribution in [3.05, 3.63) is 62.4 Å². The van der Waals surface area contributed by atoms with E-state index in [9.17, 15) is 15.1 Å². The van der Waals surface area contributed by atoms with Crippen molar-refractivity contribution in [1.29, 1.82) is 0 Å². The molecule has 1 heterocycles. The molecule has 2 aromatic rings. The van der Waals surface area contributed by atoms with Crippen LogP contribution in [0.5, 0.6) is 5.88 Å². The van der Waals surface area contributed by atoms with Gasteiger partial charge in [-0.1, -0.05) is 24.3 Å². The molecule has 0 amide bonds. The number of aromatic nitrogens is 1. The first-order valence-corrected chi connectivity index (χ1v) is 6.72. The Morgan fingerprint density at radius 3 is 2.38 bits per heavy atom. The van der Waals surface area contributed by atoms with Gasteiger partial charge in [-0.15, -0.1) is 4.73 Å². The van der Waals surface area contributed by atoms with E-state index in [4.69, 9.17) is 0 Å². The highest BCUT2D eigenvalue weighted by atomic mass is 16.5. The number of nitrogens with zero attached hydrogens (tertiary/aromatic N) is 1. The number of benzene rings is 1. The molecule has 0 bridgehead atoms. The van der Waals surface area contributed by atoms with Crippen molar-refractivity contribution >= 4 is 11.6 Å². The Hall–Kier alpha value is -2.49. The van der Waals surface area contributed by atoms with Crippen LogP contribution in [-0.4, -0.2) is 15.0 Å². The average Bonchev–Trinajstić information content (AvgIpc) is 2.40. The predicted molar refractivity (Wildman–Crippen MR) is 83.7 cm³/mol. The van der Waals surface area contributed by atoms with Crippen LogP contribution in [-0.2, 0) is 0 Å². The van der Waals surface area contributed by atoms with Gasteiger partial charge < -0.3 is 10.3 Å². The Bertz CT molecular complexity index is 785. The quantitative estimate of drug-likeness (QED) is 0.832. The van der Waals surface area contributed by atoms with Gasteiger partial charge in [-0.3, -0.25) is 4.79 Å². The van der Waals surface area contributed by atoms with E-state index in [0.717, 1.165) is 11.1 Å². The largest absolute Gasteiger partial charge is 0.492 e. The van der Waals surface area contributed by atoms with Crippen LogP contribution < -0.4 is 5.56 Å². The van der Waals surface area contributed by atoms with E-state index >= 15 is 0 Å². The summed E-state index contributed by atoms with van der Waals surface area (Å²) >= 11 is 0. The van der Waals surface area contributed by atoms with Gasteiger partial charge in [0.2, 0.25) is 5.88 Å². The van der Waals surface area contributed by atoms with E-state index in [1.54, 1.807) is 6.92 Å². The summed E-state index contributed by atoms with van der Waals surface area (Å²) in [6, 6.07) is 7.38. The van der Waals surface area contributed by atoms with Gasteiger partial charge in [0, 0.05) is 11.6 Å². The molecular weight excluding hydrogens is 266 g/mol. The van der Waals surface area contributed by atoms with Crippen molar-refractivity contribution in [1.82, 2.24) is 4.73 Å². The monoisotopic (exact) mass is 285 g/mol. The second-order valence-corrected chi connectivity index (χ2v) is 5.35. The van der Waals surface area contributed by atoms with E-state index in [1.165, 1.54) is 17.2 Å². The summed E-state index contributed by atoms with van der Waals surface area (Å²) in [7, 11) is 0.